The Morgan fingerprint density at radius 1 is 0.894 bits per heavy atom. The minimum absolute atomic E-state index is 0.0205. The number of hydrogen-bond acceptors (Lipinski definition) is 5. The van der Waals surface area contributed by atoms with Crippen molar-refractivity contribution in [3.8, 4) is 5.75 Å². The molecular formula is C37H42ClN3O5S. The van der Waals surface area contributed by atoms with Crippen LogP contribution < -0.4 is 14.4 Å². The minimum atomic E-state index is -4.28. The fourth-order valence-electron chi connectivity index (χ4n) is 5.15. The Bertz CT molecular complexity index is 1780. The Balaban J connectivity index is 1.87. The SMILES string of the molecule is CCC(C)NC(=O)C(Cc1ccccc1)N(Cc1ccccc1Cl)C(=O)CN(c1cc(C)ccc1OC)S(=O)(=O)c1ccc(C)cc1. The van der Waals surface area contributed by atoms with Crippen LogP contribution in [0.4, 0.5) is 5.69 Å². The fraction of sp³-hybridized carbons (Fsp3) is 0.297. The first-order valence-corrected chi connectivity index (χ1v) is 17.4. The lowest BCUT2D eigenvalue weighted by Gasteiger charge is -2.34. The second kappa shape index (κ2) is 16.0. The van der Waals surface area contributed by atoms with Gasteiger partial charge in [-0.05, 0) is 74.2 Å². The van der Waals surface area contributed by atoms with Crippen molar-refractivity contribution in [1.82, 2.24) is 10.2 Å². The van der Waals surface area contributed by atoms with Crippen LogP contribution in [0.25, 0.3) is 0 Å². The van der Waals surface area contributed by atoms with Crippen LogP contribution in [0.5, 0.6) is 5.75 Å². The number of nitrogens with one attached hydrogen (secondary N) is 1. The predicted molar refractivity (Wildman–Crippen MR) is 187 cm³/mol. The maximum Gasteiger partial charge on any atom is 0.264 e. The quantitative estimate of drug-likeness (QED) is 0.160. The van der Waals surface area contributed by atoms with E-state index in [2.05, 4.69) is 5.32 Å². The number of aryl methyl sites for hydroxylation is 2. The standard InChI is InChI=1S/C37H42ClN3O5S/c1-6-28(4)39-37(43)34(23-29-12-8-7-9-13-29)40(24-30-14-10-11-15-32(30)38)36(42)25-41(33-22-27(3)18-21-35(33)46-5)47(44,45)31-19-16-26(2)17-20-31/h7-22,28,34H,6,23-25H2,1-5H3,(H,39,43). The Kier molecular flexibility index (Phi) is 12.1. The van der Waals surface area contributed by atoms with Gasteiger partial charge in [0.05, 0.1) is 17.7 Å². The molecule has 0 saturated heterocycles. The molecule has 0 aliphatic heterocycles. The Morgan fingerprint density at radius 3 is 2.17 bits per heavy atom. The third kappa shape index (κ3) is 8.93. The van der Waals surface area contributed by atoms with Gasteiger partial charge in [-0.15, -0.1) is 0 Å². The molecule has 0 saturated carbocycles. The van der Waals surface area contributed by atoms with Crippen molar-refractivity contribution >= 4 is 39.1 Å². The number of rotatable bonds is 14. The Labute approximate surface area is 283 Å². The first-order chi connectivity index (χ1) is 22.4. The number of halogens is 1. The number of ether oxygens (including phenoxy) is 1. The number of sulfonamides is 1. The number of benzene rings is 4. The summed E-state index contributed by atoms with van der Waals surface area (Å²) in [5.41, 5.74) is 3.35. The molecule has 0 fully saturated rings. The Hall–Kier alpha value is -4.34. The molecular weight excluding hydrogens is 634 g/mol. The molecule has 4 aromatic rings. The van der Waals surface area contributed by atoms with Gasteiger partial charge in [0.1, 0.15) is 18.3 Å². The van der Waals surface area contributed by atoms with Crippen molar-refractivity contribution in [2.24, 2.45) is 0 Å². The van der Waals surface area contributed by atoms with Crippen LogP contribution >= 0.6 is 11.6 Å². The van der Waals surface area contributed by atoms with E-state index >= 15 is 0 Å². The largest absolute Gasteiger partial charge is 0.495 e. The summed E-state index contributed by atoms with van der Waals surface area (Å²) in [7, 11) is -2.83. The van der Waals surface area contributed by atoms with E-state index in [1.165, 1.54) is 24.1 Å². The smallest absolute Gasteiger partial charge is 0.264 e. The van der Waals surface area contributed by atoms with Crippen molar-refractivity contribution < 1.29 is 22.7 Å². The highest BCUT2D eigenvalue weighted by Gasteiger charge is 2.36. The van der Waals surface area contributed by atoms with Crippen LogP contribution in [0.3, 0.4) is 0 Å². The maximum atomic E-state index is 14.7. The van der Waals surface area contributed by atoms with E-state index in [9.17, 15) is 18.0 Å². The zero-order valence-electron chi connectivity index (χ0n) is 27.4. The van der Waals surface area contributed by atoms with Gasteiger partial charge in [-0.2, -0.15) is 0 Å². The van der Waals surface area contributed by atoms with E-state index in [1.54, 1.807) is 54.6 Å². The number of anilines is 1. The molecule has 4 aromatic carbocycles. The van der Waals surface area contributed by atoms with Gasteiger partial charge >= 0.3 is 0 Å². The minimum Gasteiger partial charge on any atom is -0.495 e. The highest BCUT2D eigenvalue weighted by Crippen LogP contribution is 2.34. The zero-order chi connectivity index (χ0) is 34.1. The van der Waals surface area contributed by atoms with Gasteiger partial charge in [0, 0.05) is 24.0 Å². The molecule has 0 radical (unpaired) electrons. The number of amides is 2. The molecule has 2 atom stereocenters. The summed E-state index contributed by atoms with van der Waals surface area (Å²) in [4.78, 5) is 30.2. The lowest BCUT2D eigenvalue weighted by atomic mass is 10.0. The average molecular weight is 676 g/mol. The topological polar surface area (TPSA) is 96.0 Å². The van der Waals surface area contributed by atoms with Crippen molar-refractivity contribution in [1.29, 1.82) is 0 Å². The van der Waals surface area contributed by atoms with Gasteiger partial charge in [0.15, 0.2) is 0 Å². The summed E-state index contributed by atoms with van der Waals surface area (Å²) in [5.74, 6) is -0.638. The third-order valence-corrected chi connectivity index (χ3v) is 10.2. The third-order valence-electron chi connectivity index (χ3n) is 8.06. The number of nitrogens with zero attached hydrogens (tertiary/aromatic N) is 2. The van der Waals surface area contributed by atoms with Crippen LogP contribution in [0.2, 0.25) is 5.02 Å². The fourth-order valence-corrected chi connectivity index (χ4v) is 6.76. The molecule has 248 valence electrons. The molecule has 0 aliphatic carbocycles. The van der Waals surface area contributed by atoms with Crippen molar-refractivity contribution in [2.45, 2.75) is 64.1 Å². The molecule has 0 aliphatic rings. The van der Waals surface area contributed by atoms with Crippen LogP contribution in [-0.4, -0.2) is 50.9 Å². The molecule has 1 N–H and O–H groups in total. The van der Waals surface area contributed by atoms with Crippen LogP contribution in [-0.2, 0) is 32.6 Å². The molecule has 0 bridgehead atoms. The first-order valence-electron chi connectivity index (χ1n) is 15.6. The molecule has 10 heteroatoms. The van der Waals surface area contributed by atoms with E-state index < -0.39 is 28.5 Å². The zero-order valence-corrected chi connectivity index (χ0v) is 29.0. The van der Waals surface area contributed by atoms with Gasteiger partial charge in [-0.3, -0.25) is 13.9 Å². The lowest BCUT2D eigenvalue weighted by Crippen LogP contribution is -2.54. The lowest BCUT2D eigenvalue weighted by molar-refractivity contribution is -0.140. The summed E-state index contributed by atoms with van der Waals surface area (Å²) < 4.78 is 35.4. The highest BCUT2D eigenvalue weighted by molar-refractivity contribution is 7.92. The molecule has 8 nitrogen and oxygen atoms in total. The van der Waals surface area contributed by atoms with Crippen molar-refractivity contribution in [3.05, 3.63) is 124 Å². The summed E-state index contributed by atoms with van der Waals surface area (Å²) >= 11 is 6.59. The van der Waals surface area contributed by atoms with E-state index in [4.69, 9.17) is 16.3 Å². The van der Waals surface area contributed by atoms with Crippen molar-refractivity contribution in [2.75, 3.05) is 18.0 Å². The second-order valence-electron chi connectivity index (χ2n) is 11.6. The normalized spacial score (nSPS) is 12.6. The number of hydrogen-bond donors (Lipinski definition) is 1. The number of carbonyl (C=O) groups is 2. The summed E-state index contributed by atoms with van der Waals surface area (Å²) in [6.07, 6.45) is 0.899. The van der Waals surface area contributed by atoms with Crippen LogP contribution in [0.15, 0.2) is 102 Å². The molecule has 47 heavy (non-hydrogen) atoms. The number of methoxy groups -OCH3 is 1. The Morgan fingerprint density at radius 2 is 1.53 bits per heavy atom. The maximum absolute atomic E-state index is 14.7. The van der Waals surface area contributed by atoms with Crippen LogP contribution in [0, 0.1) is 13.8 Å². The summed E-state index contributed by atoms with van der Waals surface area (Å²) in [6.45, 7) is 6.95. The van der Waals surface area contributed by atoms with E-state index in [1.807, 2.05) is 58.0 Å². The van der Waals surface area contributed by atoms with Gasteiger partial charge in [-0.25, -0.2) is 8.42 Å². The summed E-state index contributed by atoms with van der Waals surface area (Å²) in [5, 5.41) is 3.47. The van der Waals surface area contributed by atoms with Gasteiger partial charge in [0.2, 0.25) is 11.8 Å². The average Bonchev–Trinajstić information content (AvgIpc) is 3.06. The first kappa shape index (κ1) is 35.5. The molecule has 0 heterocycles. The second-order valence-corrected chi connectivity index (χ2v) is 13.9. The molecule has 2 amide bonds. The van der Waals surface area contributed by atoms with Gasteiger partial charge < -0.3 is 15.0 Å². The van der Waals surface area contributed by atoms with E-state index in [0.717, 1.165) is 21.0 Å². The highest BCUT2D eigenvalue weighted by atomic mass is 35.5. The van der Waals surface area contributed by atoms with Crippen LogP contribution in [0.1, 0.15) is 42.5 Å². The van der Waals surface area contributed by atoms with Crippen molar-refractivity contribution in [3.63, 3.8) is 0 Å². The molecule has 2 unspecified atom stereocenters. The molecule has 0 spiro atoms. The van der Waals surface area contributed by atoms with Gasteiger partial charge in [-0.1, -0.05) is 90.8 Å². The molecule has 0 aromatic heterocycles. The predicted octanol–water partition coefficient (Wildman–Crippen LogP) is 6.72. The monoisotopic (exact) mass is 675 g/mol. The molecule has 4 rings (SSSR count). The van der Waals surface area contributed by atoms with Gasteiger partial charge in [0.25, 0.3) is 10.0 Å². The summed E-state index contributed by atoms with van der Waals surface area (Å²) in [6, 6.07) is 27.0. The number of carbonyl (C=O) groups excluding carboxylic acids is 2. The van der Waals surface area contributed by atoms with E-state index in [-0.39, 0.29) is 41.2 Å². The van der Waals surface area contributed by atoms with E-state index in [0.29, 0.717) is 17.0 Å².